The van der Waals surface area contributed by atoms with E-state index in [2.05, 4.69) is 0 Å². The lowest BCUT2D eigenvalue weighted by Crippen LogP contribution is -2.48. The van der Waals surface area contributed by atoms with Crippen molar-refractivity contribution in [3.8, 4) is 0 Å². The van der Waals surface area contributed by atoms with Gasteiger partial charge < -0.3 is 15.6 Å². The van der Waals surface area contributed by atoms with Crippen molar-refractivity contribution in [3.05, 3.63) is 0 Å². The molecule has 14 heavy (non-hydrogen) atoms. The zero-order valence-electron chi connectivity index (χ0n) is 8.88. The Bertz CT molecular complexity index is 216. The van der Waals surface area contributed by atoms with Crippen molar-refractivity contribution in [1.29, 1.82) is 0 Å². The van der Waals surface area contributed by atoms with Gasteiger partial charge in [0.15, 0.2) is 0 Å². The highest BCUT2D eigenvalue weighted by atomic mass is 16.5. The van der Waals surface area contributed by atoms with E-state index >= 15 is 0 Å². The third kappa shape index (κ3) is 2.25. The van der Waals surface area contributed by atoms with E-state index in [0.717, 1.165) is 19.3 Å². The second-order valence-electron chi connectivity index (χ2n) is 4.46. The third-order valence-corrected chi connectivity index (χ3v) is 3.29. The van der Waals surface area contributed by atoms with Gasteiger partial charge in [0.2, 0.25) is 0 Å². The van der Waals surface area contributed by atoms with Crippen LogP contribution in [0.5, 0.6) is 0 Å². The summed E-state index contributed by atoms with van der Waals surface area (Å²) in [5, 5.41) is 8.84. The van der Waals surface area contributed by atoms with Gasteiger partial charge in [-0.3, -0.25) is 4.79 Å². The van der Waals surface area contributed by atoms with Crippen LogP contribution in [0.25, 0.3) is 0 Å². The number of ether oxygens (including phenoxy) is 1. The number of carbonyl (C=O) groups is 1. The summed E-state index contributed by atoms with van der Waals surface area (Å²) < 4.78 is 5.40. The molecule has 1 rings (SSSR count). The molecule has 0 saturated heterocycles. The highest BCUT2D eigenvalue weighted by Gasteiger charge is 2.39. The van der Waals surface area contributed by atoms with E-state index in [0.29, 0.717) is 6.42 Å². The summed E-state index contributed by atoms with van der Waals surface area (Å²) in [6.07, 6.45) is 4.43. The van der Waals surface area contributed by atoms with E-state index < -0.39 is 11.5 Å². The minimum Gasteiger partial charge on any atom is -0.480 e. The number of nitrogens with two attached hydrogens (primary N) is 1. The van der Waals surface area contributed by atoms with Gasteiger partial charge in [-0.05, 0) is 39.0 Å². The summed E-state index contributed by atoms with van der Waals surface area (Å²) in [6, 6.07) is 0. The standard InChI is InChI=1S/C10H19NO3/c1-9(11,8(12)13)6-7-10(14-2)4-3-5-10/h3-7,11H2,1-2H3,(H,12,13). The molecule has 0 radical (unpaired) electrons. The first kappa shape index (κ1) is 11.5. The number of methoxy groups -OCH3 is 1. The average Bonchev–Trinajstić information content (AvgIpc) is 2.02. The topological polar surface area (TPSA) is 72.5 Å². The summed E-state index contributed by atoms with van der Waals surface area (Å²) in [5.41, 5.74) is 4.43. The van der Waals surface area contributed by atoms with E-state index in [-0.39, 0.29) is 5.60 Å². The van der Waals surface area contributed by atoms with Crippen LogP contribution in [-0.2, 0) is 9.53 Å². The maximum absolute atomic E-state index is 10.8. The first-order chi connectivity index (χ1) is 6.42. The van der Waals surface area contributed by atoms with Crippen LogP contribution in [-0.4, -0.2) is 29.3 Å². The summed E-state index contributed by atoms with van der Waals surface area (Å²) >= 11 is 0. The molecule has 0 heterocycles. The van der Waals surface area contributed by atoms with Crippen molar-refractivity contribution < 1.29 is 14.6 Å². The molecule has 3 N–H and O–H groups in total. The van der Waals surface area contributed by atoms with E-state index in [4.69, 9.17) is 15.6 Å². The van der Waals surface area contributed by atoms with Gasteiger partial charge in [0.25, 0.3) is 0 Å². The van der Waals surface area contributed by atoms with Crippen molar-refractivity contribution in [2.24, 2.45) is 5.73 Å². The monoisotopic (exact) mass is 201 g/mol. The molecular formula is C10H19NO3. The molecule has 1 atom stereocenters. The molecule has 82 valence electrons. The van der Waals surface area contributed by atoms with Crippen molar-refractivity contribution in [2.75, 3.05) is 7.11 Å². The number of hydrogen-bond donors (Lipinski definition) is 2. The zero-order valence-corrected chi connectivity index (χ0v) is 8.88. The zero-order chi connectivity index (χ0) is 10.8. The largest absolute Gasteiger partial charge is 0.480 e. The molecular weight excluding hydrogens is 182 g/mol. The molecule has 0 aromatic carbocycles. The summed E-state index contributed by atoms with van der Waals surface area (Å²) in [5.74, 6) is -0.942. The van der Waals surface area contributed by atoms with Gasteiger partial charge in [-0.2, -0.15) is 0 Å². The molecule has 0 bridgehead atoms. The highest BCUT2D eigenvalue weighted by Crippen LogP contribution is 2.39. The molecule has 4 heteroatoms. The van der Waals surface area contributed by atoms with Gasteiger partial charge in [0.1, 0.15) is 5.54 Å². The van der Waals surface area contributed by atoms with E-state index in [1.807, 2.05) is 0 Å². The molecule has 1 aliphatic rings. The van der Waals surface area contributed by atoms with Crippen LogP contribution in [0.4, 0.5) is 0 Å². The molecule has 0 amide bonds. The number of carboxylic acid groups (broad SMARTS) is 1. The van der Waals surface area contributed by atoms with Gasteiger partial charge in [-0.25, -0.2) is 0 Å². The number of carboxylic acids is 1. The van der Waals surface area contributed by atoms with Crippen LogP contribution in [0, 0.1) is 0 Å². The van der Waals surface area contributed by atoms with Crippen molar-refractivity contribution in [2.45, 2.75) is 50.2 Å². The molecule has 4 nitrogen and oxygen atoms in total. The Morgan fingerprint density at radius 1 is 1.64 bits per heavy atom. The van der Waals surface area contributed by atoms with Crippen LogP contribution < -0.4 is 5.73 Å². The number of hydrogen-bond acceptors (Lipinski definition) is 3. The van der Waals surface area contributed by atoms with Crippen LogP contribution in [0.3, 0.4) is 0 Å². The van der Waals surface area contributed by atoms with Gasteiger partial charge in [-0.15, -0.1) is 0 Å². The Kier molecular flexibility index (Phi) is 3.17. The fourth-order valence-electron chi connectivity index (χ4n) is 1.72. The highest BCUT2D eigenvalue weighted by molar-refractivity contribution is 5.77. The second kappa shape index (κ2) is 3.87. The van der Waals surface area contributed by atoms with Gasteiger partial charge in [0.05, 0.1) is 5.60 Å². The smallest absolute Gasteiger partial charge is 0.323 e. The van der Waals surface area contributed by atoms with E-state index in [9.17, 15) is 4.79 Å². The predicted octanol–water partition coefficient (Wildman–Crippen LogP) is 1.14. The van der Waals surface area contributed by atoms with Gasteiger partial charge in [0, 0.05) is 7.11 Å². The Morgan fingerprint density at radius 3 is 2.50 bits per heavy atom. The predicted molar refractivity (Wildman–Crippen MR) is 53.1 cm³/mol. The molecule has 1 unspecified atom stereocenters. The molecule has 1 aliphatic carbocycles. The third-order valence-electron chi connectivity index (χ3n) is 3.29. The molecule has 0 aromatic heterocycles. The van der Waals surface area contributed by atoms with Crippen LogP contribution in [0.2, 0.25) is 0 Å². The van der Waals surface area contributed by atoms with Crippen LogP contribution in [0.1, 0.15) is 39.0 Å². The Morgan fingerprint density at radius 2 is 2.21 bits per heavy atom. The van der Waals surface area contributed by atoms with Crippen molar-refractivity contribution >= 4 is 5.97 Å². The normalized spacial score (nSPS) is 23.6. The molecule has 0 spiro atoms. The SMILES string of the molecule is COC1(CCC(C)(N)C(=O)O)CCC1. The first-order valence-electron chi connectivity index (χ1n) is 4.99. The van der Waals surface area contributed by atoms with Gasteiger partial charge >= 0.3 is 5.97 Å². The minimum absolute atomic E-state index is 0.0872. The second-order valence-corrected chi connectivity index (χ2v) is 4.46. The quantitative estimate of drug-likeness (QED) is 0.699. The maximum Gasteiger partial charge on any atom is 0.323 e. The van der Waals surface area contributed by atoms with Crippen LogP contribution >= 0.6 is 0 Å². The maximum atomic E-state index is 10.8. The molecule has 1 fully saturated rings. The lowest BCUT2D eigenvalue weighted by atomic mass is 9.74. The van der Waals surface area contributed by atoms with E-state index in [1.54, 1.807) is 14.0 Å². The molecule has 0 aromatic rings. The number of aliphatic carboxylic acids is 1. The lowest BCUT2D eigenvalue weighted by molar-refractivity contribution is -0.144. The molecule has 0 aliphatic heterocycles. The van der Waals surface area contributed by atoms with Crippen molar-refractivity contribution in [1.82, 2.24) is 0 Å². The Balaban J connectivity index is 2.43. The first-order valence-corrected chi connectivity index (χ1v) is 4.99. The van der Waals surface area contributed by atoms with Gasteiger partial charge in [-0.1, -0.05) is 0 Å². The minimum atomic E-state index is -1.12. The molecule has 1 saturated carbocycles. The lowest BCUT2D eigenvalue weighted by Gasteiger charge is -2.41. The van der Waals surface area contributed by atoms with E-state index in [1.165, 1.54) is 6.42 Å². The summed E-state index contributed by atoms with van der Waals surface area (Å²) in [7, 11) is 1.69. The average molecular weight is 201 g/mol. The summed E-state index contributed by atoms with van der Waals surface area (Å²) in [6.45, 7) is 1.55. The Labute approximate surface area is 84.4 Å². The number of rotatable bonds is 5. The Hall–Kier alpha value is -0.610. The van der Waals surface area contributed by atoms with Crippen molar-refractivity contribution in [3.63, 3.8) is 0 Å². The fraction of sp³-hybridized carbons (Fsp3) is 0.900. The van der Waals surface area contributed by atoms with Crippen LogP contribution in [0.15, 0.2) is 0 Å². The fourth-order valence-corrected chi connectivity index (χ4v) is 1.72. The summed E-state index contributed by atoms with van der Waals surface area (Å²) in [4.78, 5) is 10.8.